The highest BCUT2D eigenvalue weighted by molar-refractivity contribution is 6.01. The maximum atomic E-state index is 13.9. The summed E-state index contributed by atoms with van der Waals surface area (Å²) in [7, 11) is 1.44. The van der Waals surface area contributed by atoms with E-state index in [1.165, 1.54) is 26.0 Å². The van der Waals surface area contributed by atoms with Gasteiger partial charge < -0.3 is 15.4 Å². The minimum atomic E-state index is -0.398. The third-order valence-electron chi connectivity index (χ3n) is 5.22. The number of hydrogen-bond acceptors (Lipinski definition) is 4. The fraction of sp³-hybridized carbons (Fsp3) is 0.250. The Labute approximate surface area is 175 Å². The average Bonchev–Trinajstić information content (AvgIpc) is 3.61. The zero-order chi connectivity index (χ0) is 20.9. The molecular formula is C24H24FN3O2. The van der Waals surface area contributed by atoms with E-state index in [1.807, 2.05) is 36.4 Å². The highest BCUT2D eigenvalue weighted by atomic mass is 19.1. The van der Waals surface area contributed by atoms with Gasteiger partial charge in [0, 0.05) is 36.7 Å². The van der Waals surface area contributed by atoms with E-state index in [0.29, 0.717) is 24.6 Å². The molecule has 0 bridgehead atoms. The number of anilines is 1. The van der Waals surface area contributed by atoms with Gasteiger partial charge in [0.1, 0.15) is 0 Å². The normalized spacial score (nSPS) is 13.0. The van der Waals surface area contributed by atoms with Gasteiger partial charge in [-0.05, 0) is 71.8 Å². The van der Waals surface area contributed by atoms with Crippen LogP contribution in [0.5, 0.6) is 5.75 Å². The molecule has 0 aliphatic heterocycles. The van der Waals surface area contributed by atoms with Gasteiger partial charge in [0.05, 0.1) is 7.11 Å². The number of amides is 1. The third-order valence-corrected chi connectivity index (χ3v) is 5.22. The predicted molar refractivity (Wildman–Crippen MR) is 115 cm³/mol. The highest BCUT2D eigenvalue weighted by Crippen LogP contribution is 2.29. The smallest absolute Gasteiger partial charge is 0.251 e. The molecule has 0 radical (unpaired) electrons. The number of halogens is 1. The van der Waals surface area contributed by atoms with Crippen molar-refractivity contribution in [3.8, 4) is 16.9 Å². The summed E-state index contributed by atoms with van der Waals surface area (Å²) in [6, 6.07) is 14.3. The van der Waals surface area contributed by atoms with Gasteiger partial charge in [0.25, 0.3) is 5.91 Å². The van der Waals surface area contributed by atoms with Crippen molar-refractivity contribution in [2.45, 2.75) is 19.4 Å². The van der Waals surface area contributed by atoms with Crippen LogP contribution in [0.2, 0.25) is 0 Å². The number of methoxy groups -OCH3 is 1. The van der Waals surface area contributed by atoms with Crippen LogP contribution < -0.4 is 15.4 Å². The quantitative estimate of drug-likeness (QED) is 0.573. The van der Waals surface area contributed by atoms with E-state index < -0.39 is 5.82 Å². The lowest BCUT2D eigenvalue weighted by molar-refractivity contribution is 0.0952. The number of aromatic nitrogens is 1. The Bertz CT molecular complexity index is 1040. The van der Waals surface area contributed by atoms with Crippen molar-refractivity contribution in [2.24, 2.45) is 5.92 Å². The maximum Gasteiger partial charge on any atom is 0.251 e. The molecule has 5 nitrogen and oxygen atoms in total. The van der Waals surface area contributed by atoms with Gasteiger partial charge in [-0.3, -0.25) is 9.78 Å². The highest BCUT2D eigenvalue weighted by Gasteiger charge is 2.23. The molecule has 154 valence electrons. The van der Waals surface area contributed by atoms with Crippen LogP contribution in [-0.2, 0) is 6.54 Å². The summed E-state index contributed by atoms with van der Waals surface area (Å²) in [6.45, 7) is 1.13. The second-order valence-corrected chi connectivity index (χ2v) is 7.47. The van der Waals surface area contributed by atoms with E-state index in [1.54, 1.807) is 18.5 Å². The maximum absolute atomic E-state index is 13.9. The first-order valence-corrected chi connectivity index (χ1v) is 10.0. The molecule has 1 saturated carbocycles. The fourth-order valence-corrected chi connectivity index (χ4v) is 3.30. The van der Waals surface area contributed by atoms with Crippen molar-refractivity contribution in [3.63, 3.8) is 0 Å². The van der Waals surface area contributed by atoms with Crippen molar-refractivity contribution >= 4 is 11.6 Å². The monoisotopic (exact) mass is 405 g/mol. The van der Waals surface area contributed by atoms with Gasteiger partial charge in [0.15, 0.2) is 11.6 Å². The first-order chi connectivity index (χ1) is 14.6. The van der Waals surface area contributed by atoms with E-state index >= 15 is 0 Å². The summed E-state index contributed by atoms with van der Waals surface area (Å²) in [5.74, 6) is 0.331. The minimum absolute atomic E-state index is 0.0899. The molecule has 2 aromatic carbocycles. The van der Waals surface area contributed by atoms with E-state index in [4.69, 9.17) is 4.74 Å². The Morgan fingerprint density at radius 1 is 1.13 bits per heavy atom. The Kier molecular flexibility index (Phi) is 5.93. The minimum Gasteiger partial charge on any atom is -0.494 e. The van der Waals surface area contributed by atoms with Crippen LogP contribution in [0.1, 0.15) is 28.8 Å². The number of rotatable bonds is 8. The van der Waals surface area contributed by atoms with Crippen molar-refractivity contribution in [1.82, 2.24) is 10.3 Å². The number of ether oxygens (including phenoxy) is 1. The van der Waals surface area contributed by atoms with Crippen molar-refractivity contribution in [3.05, 3.63) is 77.9 Å². The summed E-state index contributed by atoms with van der Waals surface area (Å²) < 4.78 is 18.9. The van der Waals surface area contributed by atoms with E-state index in [9.17, 15) is 9.18 Å². The van der Waals surface area contributed by atoms with E-state index in [2.05, 4.69) is 15.6 Å². The van der Waals surface area contributed by atoms with Crippen LogP contribution in [0.4, 0.5) is 10.1 Å². The molecule has 4 rings (SSSR count). The summed E-state index contributed by atoms with van der Waals surface area (Å²) >= 11 is 0. The molecule has 6 heteroatoms. The van der Waals surface area contributed by atoms with Gasteiger partial charge in [0.2, 0.25) is 0 Å². The summed E-state index contributed by atoms with van der Waals surface area (Å²) in [4.78, 5) is 17.0. The van der Waals surface area contributed by atoms with Crippen LogP contribution in [0.3, 0.4) is 0 Å². The number of benzene rings is 2. The van der Waals surface area contributed by atoms with E-state index in [-0.39, 0.29) is 11.7 Å². The van der Waals surface area contributed by atoms with Crippen LogP contribution in [-0.4, -0.2) is 24.5 Å². The van der Waals surface area contributed by atoms with E-state index in [0.717, 1.165) is 22.4 Å². The number of carbonyl (C=O) groups is 1. The van der Waals surface area contributed by atoms with Gasteiger partial charge in [-0.2, -0.15) is 0 Å². The Balaban J connectivity index is 1.55. The largest absolute Gasteiger partial charge is 0.494 e. The topological polar surface area (TPSA) is 63.2 Å². The van der Waals surface area contributed by atoms with Crippen molar-refractivity contribution in [2.75, 3.05) is 19.0 Å². The molecule has 1 amide bonds. The Morgan fingerprint density at radius 2 is 1.93 bits per heavy atom. The average molecular weight is 405 g/mol. The predicted octanol–water partition coefficient (Wildman–Crippen LogP) is 4.65. The van der Waals surface area contributed by atoms with Crippen LogP contribution in [0, 0.1) is 11.7 Å². The summed E-state index contributed by atoms with van der Waals surface area (Å²) in [6.07, 6.45) is 5.78. The SMILES string of the molecule is COc1ccc(CNc2ccc(-c3ccncc3)c(C(=O)NCC3CC3)c2)cc1F. The second-order valence-electron chi connectivity index (χ2n) is 7.47. The lowest BCUT2D eigenvalue weighted by atomic mass is 9.99. The molecule has 1 fully saturated rings. The number of carbonyl (C=O) groups excluding carboxylic acids is 1. The fourth-order valence-electron chi connectivity index (χ4n) is 3.30. The number of pyridine rings is 1. The molecule has 0 unspecified atom stereocenters. The van der Waals surface area contributed by atoms with Crippen molar-refractivity contribution < 1.29 is 13.9 Å². The lowest BCUT2D eigenvalue weighted by Gasteiger charge is -2.14. The van der Waals surface area contributed by atoms with Crippen molar-refractivity contribution in [1.29, 1.82) is 0 Å². The first-order valence-electron chi connectivity index (χ1n) is 10.0. The third kappa shape index (κ3) is 4.76. The van der Waals surface area contributed by atoms with Crippen LogP contribution in [0.25, 0.3) is 11.1 Å². The Hall–Kier alpha value is -3.41. The van der Waals surface area contributed by atoms with Crippen LogP contribution >= 0.6 is 0 Å². The number of nitrogens with one attached hydrogen (secondary N) is 2. The van der Waals surface area contributed by atoms with Crippen LogP contribution in [0.15, 0.2) is 60.9 Å². The number of nitrogens with zero attached hydrogens (tertiary/aromatic N) is 1. The molecule has 30 heavy (non-hydrogen) atoms. The van der Waals surface area contributed by atoms with Gasteiger partial charge in [-0.15, -0.1) is 0 Å². The lowest BCUT2D eigenvalue weighted by Crippen LogP contribution is -2.26. The standard InChI is InChI=1S/C24H24FN3O2/c1-30-23-7-4-17(12-22(23)25)15-27-19-5-6-20(18-8-10-26-11-9-18)21(13-19)24(29)28-14-16-2-3-16/h4-13,16,27H,2-3,14-15H2,1H3,(H,28,29). The summed E-state index contributed by atoms with van der Waals surface area (Å²) in [5, 5.41) is 6.32. The molecule has 0 spiro atoms. The van der Waals surface area contributed by atoms with Gasteiger partial charge >= 0.3 is 0 Å². The molecule has 0 atom stereocenters. The van der Waals surface area contributed by atoms with Gasteiger partial charge in [-0.25, -0.2) is 4.39 Å². The molecule has 1 aliphatic carbocycles. The zero-order valence-corrected chi connectivity index (χ0v) is 16.8. The molecule has 1 heterocycles. The molecule has 1 aliphatic rings. The second kappa shape index (κ2) is 8.95. The zero-order valence-electron chi connectivity index (χ0n) is 16.8. The molecule has 2 N–H and O–H groups in total. The molecular weight excluding hydrogens is 381 g/mol. The molecule has 0 saturated heterocycles. The number of hydrogen-bond donors (Lipinski definition) is 2. The summed E-state index contributed by atoms with van der Waals surface area (Å²) in [5.41, 5.74) is 3.97. The Morgan fingerprint density at radius 3 is 2.63 bits per heavy atom. The molecule has 3 aromatic rings. The first kappa shape index (κ1) is 19.9. The van der Waals surface area contributed by atoms with Gasteiger partial charge in [-0.1, -0.05) is 12.1 Å². The molecule has 1 aromatic heterocycles.